The van der Waals surface area contributed by atoms with Gasteiger partial charge in [0, 0.05) is 45.3 Å². The predicted octanol–water partition coefficient (Wildman–Crippen LogP) is 1.11. The number of benzene rings is 1. The van der Waals surface area contributed by atoms with Crippen LogP contribution in [0.2, 0.25) is 0 Å². The molecular weight excluding hydrogens is 446 g/mol. The number of aliphatic hydroxyl groups is 1. The van der Waals surface area contributed by atoms with Gasteiger partial charge in [-0.25, -0.2) is 4.72 Å². The molecule has 10 heteroatoms. The number of rotatable bonds is 6. The summed E-state index contributed by atoms with van der Waals surface area (Å²) in [5, 5.41) is 10.7. The molecule has 4 rings (SSSR count). The molecule has 2 N–H and O–H groups in total. The zero-order chi connectivity index (χ0) is 23.4. The Hall–Kier alpha value is -1.56. The van der Waals surface area contributed by atoms with Crippen LogP contribution < -0.4 is 4.72 Å². The fourth-order valence-electron chi connectivity index (χ4n) is 4.88. The van der Waals surface area contributed by atoms with E-state index in [0.717, 1.165) is 42.7 Å². The minimum Gasteiger partial charge on any atom is -0.381 e. The normalized spacial score (nSPS) is 26.2. The summed E-state index contributed by atoms with van der Waals surface area (Å²) in [6.07, 6.45) is 0.733. The van der Waals surface area contributed by atoms with Gasteiger partial charge in [-0.2, -0.15) is 12.7 Å². The molecular formula is C23H35N3O6S. The highest BCUT2D eigenvalue weighted by Gasteiger charge is 2.37. The van der Waals surface area contributed by atoms with Crippen LogP contribution in [0.4, 0.5) is 0 Å². The number of morpholine rings is 1. The van der Waals surface area contributed by atoms with Gasteiger partial charge in [0.05, 0.1) is 13.2 Å². The van der Waals surface area contributed by atoms with Crippen molar-refractivity contribution >= 4 is 16.1 Å². The largest absolute Gasteiger partial charge is 0.381 e. The van der Waals surface area contributed by atoms with E-state index >= 15 is 0 Å². The molecule has 3 aliphatic rings. The summed E-state index contributed by atoms with van der Waals surface area (Å²) in [5.74, 6) is -0.824. The van der Waals surface area contributed by atoms with E-state index in [-0.39, 0.29) is 18.4 Å². The van der Waals surface area contributed by atoms with E-state index in [9.17, 15) is 18.3 Å². The monoisotopic (exact) mass is 481 g/mol. The summed E-state index contributed by atoms with van der Waals surface area (Å²) in [7, 11) is -4.09. The molecule has 3 heterocycles. The van der Waals surface area contributed by atoms with Crippen LogP contribution in [0.1, 0.15) is 48.3 Å². The van der Waals surface area contributed by atoms with Gasteiger partial charge in [-0.1, -0.05) is 18.2 Å². The first kappa shape index (κ1) is 24.6. The molecule has 0 aromatic heterocycles. The number of nitrogens with zero attached hydrogens (tertiary/aromatic N) is 2. The Kier molecular flexibility index (Phi) is 8.03. The summed E-state index contributed by atoms with van der Waals surface area (Å²) in [6.45, 7) is 7.47. The lowest BCUT2D eigenvalue weighted by Gasteiger charge is -2.36. The zero-order valence-corrected chi connectivity index (χ0v) is 20.1. The van der Waals surface area contributed by atoms with Crippen molar-refractivity contribution in [1.82, 2.24) is 13.9 Å². The molecule has 1 amide bonds. The van der Waals surface area contributed by atoms with Crippen molar-refractivity contribution in [3.05, 3.63) is 34.9 Å². The maximum Gasteiger partial charge on any atom is 0.306 e. The Morgan fingerprint density at radius 2 is 1.79 bits per heavy atom. The number of carbonyl (C=O) groups excluding carboxylic acids is 1. The Bertz CT molecular complexity index is 928. The van der Waals surface area contributed by atoms with E-state index in [2.05, 4.69) is 34.7 Å². The second-order valence-corrected chi connectivity index (χ2v) is 10.9. The number of ether oxygens (including phenoxy) is 2. The minimum absolute atomic E-state index is 0.0637. The molecule has 0 saturated carbocycles. The average Bonchev–Trinajstić information content (AvgIpc) is 2.81. The Balaban J connectivity index is 1.35. The van der Waals surface area contributed by atoms with Gasteiger partial charge in [0.1, 0.15) is 6.23 Å². The highest BCUT2D eigenvalue weighted by Crippen LogP contribution is 2.33. The predicted molar refractivity (Wildman–Crippen MR) is 123 cm³/mol. The summed E-state index contributed by atoms with van der Waals surface area (Å²) in [5.41, 5.74) is 3.59. The molecule has 1 aromatic carbocycles. The lowest BCUT2D eigenvalue weighted by molar-refractivity contribution is -0.126. The van der Waals surface area contributed by atoms with Crippen LogP contribution in [0.15, 0.2) is 18.2 Å². The van der Waals surface area contributed by atoms with Crippen LogP contribution in [0.5, 0.6) is 0 Å². The molecule has 184 valence electrons. The molecule has 2 unspecified atom stereocenters. The van der Waals surface area contributed by atoms with Crippen LogP contribution in [-0.2, 0) is 31.0 Å². The third-order valence-corrected chi connectivity index (χ3v) is 8.49. The first-order valence-corrected chi connectivity index (χ1v) is 13.3. The fraction of sp³-hybridized carbons (Fsp3) is 0.696. The van der Waals surface area contributed by atoms with E-state index in [1.165, 1.54) is 11.1 Å². The molecule has 0 bridgehead atoms. The number of hydrogen-bond donors (Lipinski definition) is 2. The third kappa shape index (κ3) is 6.12. The van der Waals surface area contributed by atoms with Gasteiger partial charge >= 0.3 is 10.2 Å². The quantitative estimate of drug-likeness (QED) is 0.627. The van der Waals surface area contributed by atoms with Crippen LogP contribution in [0.25, 0.3) is 0 Å². The van der Waals surface area contributed by atoms with Gasteiger partial charge < -0.3 is 14.6 Å². The van der Waals surface area contributed by atoms with E-state index in [1.54, 1.807) is 0 Å². The highest BCUT2D eigenvalue weighted by molar-refractivity contribution is 7.87. The Morgan fingerprint density at radius 1 is 1.09 bits per heavy atom. The fourth-order valence-corrected chi connectivity index (χ4v) is 6.17. The zero-order valence-electron chi connectivity index (χ0n) is 19.2. The van der Waals surface area contributed by atoms with Crippen molar-refractivity contribution in [2.24, 2.45) is 5.92 Å². The average molecular weight is 482 g/mol. The first-order valence-electron chi connectivity index (χ1n) is 11.8. The van der Waals surface area contributed by atoms with Crippen molar-refractivity contribution in [2.75, 3.05) is 46.1 Å². The summed E-state index contributed by atoms with van der Waals surface area (Å²) >= 11 is 0. The van der Waals surface area contributed by atoms with Crippen molar-refractivity contribution in [3.8, 4) is 0 Å². The number of piperidine rings is 1. The molecule has 3 saturated heterocycles. The third-order valence-electron chi connectivity index (χ3n) is 6.99. The smallest absolute Gasteiger partial charge is 0.306 e. The minimum atomic E-state index is -4.09. The lowest BCUT2D eigenvalue weighted by Crippen LogP contribution is -2.52. The maximum atomic E-state index is 12.8. The standard InChI is InChI=1S/C23H35N3O6S/c1-17-14-19(2-3-21(17)16-25-8-12-32-13-9-25)20-4-7-26(22(27)15-20)33(29,30)24-23(28)18-5-10-31-11-6-18/h2-3,14,18,20,22,27H,4-13,15-16H2,1H3,(H,24,28). The summed E-state index contributed by atoms with van der Waals surface area (Å²) in [4.78, 5) is 14.8. The Morgan fingerprint density at radius 3 is 2.45 bits per heavy atom. The van der Waals surface area contributed by atoms with E-state index in [1.807, 2.05) is 0 Å². The molecule has 0 spiro atoms. The second-order valence-electron chi connectivity index (χ2n) is 9.25. The van der Waals surface area contributed by atoms with Crippen LogP contribution in [0, 0.1) is 12.8 Å². The van der Waals surface area contributed by atoms with Crippen molar-refractivity contribution in [1.29, 1.82) is 0 Å². The highest BCUT2D eigenvalue weighted by atomic mass is 32.2. The number of aliphatic hydroxyl groups excluding tert-OH is 1. The van der Waals surface area contributed by atoms with Crippen LogP contribution in [0.3, 0.4) is 0 Å². The second kappa shape index (κ2) is 10.8. The van der Waals surface area contributed by atoms with Crippen LogP contribution >= 0.6 is 0 Å². The summed E-state index contributed by atoms with van der Waals surface area (Å²) < 4.78 is 39.4. The topological polar surface area (TPSA) is 108 Å². The van der Waals surface area contributed by atoms with E-state index in [0.29, 0.717) is 38.9 Å². The molecule has 2 atom stereocenters. The number of carbonyl (C=O) groups is 1. The number of nitrogens with one attached hydrogen (secondary N) is 1. The van der Waals surface area contributed by atoms with Crippen molar-refractivity contribution in [2.45, 2.75) is 51.3 Å². The number of amides is 1. The molecule has 3 fully saturated rings. The molecule has 1 aromatic rings. The molecule has 9 nitrogen and oxygen atoms in total. The van der Waals surface area contributed by atoms with Gasteiger partial charge in [0.2, 0.25) is 5.91 Å². The first-order chi connectivity index (χ1) is 15.8. The van der Waals surface area contributed by atoms with Gasteiger partial charge in [0.15, 0.2) is 0 Å². The SMILES string of the molecule is Cc1cc(C2CCN(S(=O)(=O)NC(=O)C3CCOCC3)C(O)C2)ccc1CN1CCOCC1. The van der Waals surface area contributed by atoms with Crippen LogP contribution in [-0.4, -0.2) is 80.9 Å². The van der Waals surface area contributed by atoms with E-state index in [4.69, 9.17) is 9.47 Å². The molecule has 0 aliphatic carbocycles. The van der Waals surface area contributed by atoms with Gasteiger partial charge in [-0.3, -0.25) is 9.69 Å². The Labute approximate surface area is 196 Å². The number of hydrogen-bond acceptors (Lipinski definition) is 7. The molecule has 3 aliphatic heterocycles. The van der Waals surface area contributed by atoms with Gasteiger partial charge in [0.25, 0.3) is 0 Å². The number of aryl methyl sites for hydroxylation is 1. The van der Waals surface area contributed by atoms with Gasteiger partial charge in [-0.05, 0) is 55.2 Å². The molecule has 33 heavy (non-hydrogen) atoms. The van der Waals surface area contributed by atoms with Crippen molar-refractivity contribution < 1.29 is 27.8 Å². The van der Waals surface area contributed by atoms with Gasteiger partial charge in [-0.15, -0.1) is 0 Å². The lowest BCUT2D eigenvalue weighted by atomic mass is 9.87. The summed E-state index contributed by atoms with van der Waals surface area (Å²) in [6, 6.07) is 6.39. The maximum absolute atomic E-state index is 12.8. The van der Waals surface area contributed by atoms with E-state index < -0.39 is 22.3 Å². The molecule has 0 radical (unpaired) electrons. The van der Waals surface area contributed by atoms with Crippen molar-refractivity contribution in [3.63, 3.8) is 0 Å².